The summed E-state index contributed by atoms with van der Waals surface area (Å²) in [7, 11) is 0. The lowest BCUT2D eigenvalue weighted by molar-refractivity contribution is 0.773. The minimum Gasteiger partial charge on any atom is -0.310 e. The first-order valence-corrected chi connectivity index (χ1v) is 38.3. The molecule has 2 nitrogen and oxygen atoms in total. The van der Waals surface area contributed by atoms with Gasteiger partial charge in [0.2, 0.25) is 0 Å². The highest BCUT2D eigenvalue weighted by atomic mass is 32.1. The van der Waals surface area contributed by atoms with Crippen molar-refractivity contribution in [3.8, 4) is 72.4 Å². The van der Waals surface area contributed by atoms with Gasteiger partial charge in [0.05, 0.1) is 27.9 Å². The van der Waals surface area contributed by atoms with Crippen molar-refractivity contribution >= 4 is 97.9 Å². The standard InChI is InChI=1S/C103H76N2S/c1-65-50-66(2)52-84(51-65)80-33-16-31-78(58-80)76-29-14-27-74(56-76)72-25-12-23-70(54-72)68-21-11-22-69(53-68)71-24-13-26-73(55-71)75-28-15-30-77(57-75)79-32-17-34-81(59-79)85-60-86(62-87(61-85)104-96-41-7-4-35-91(96)92-36-5-8-42-97(92)104)82-46-48-101-94(63-82)95-64-83(47-49-102(95)106-101)88-38-18-40-90-89(88)39-19-44-98(90)105-99-43-9-6-37-93(99)103-67(3)20-10-45-100(103)105/h4-19,21-52,54-59,61-64,67,69,85H,20,53,60H2,1-3H3. The van der Waals surface area contributed by atoms with E-state index in [9.17, 15) is 0 Å². The summed E-state index contributed by atoms with van der Waals surface area (Å²) in [6.45, 7) is 6.73. The Morgan fingerprint density at radius 3 is 1.45 bits per heavy atom. The Labute approximate surface area is 623 Å². The number of fused-ring (bicyclic) bond motifs is 10. The molecule has 0 aliphatic heterocycles. The molecule has 0 radical (unpaired) electrons. The van der Waals surface area contributed by atoms with Crippen LogP contribution in [0, 0.1) is 13.8 Å². The molecule has 20 rings (SSSR count). The SMILES string of the molecule is Cc1cc(C)cc(-c2cccc(-c3cccc(-c4cccc(C5=CC=CC(c6cccc(-c7cccc(-c8cccc(C9C=C(n%10c%11ccccc%11c%11ccccc%11%10)C=C(c%10ccc%11sc%12ccc(-c%13cccc%14c(-n%15c%16c(c%17ccccc%17%15)C(C)CC=C%16)cccc%13%14)cc%12c%11c%10)C9)c8)c7)c6)C5)c4)c3)c2)c1. The Kier molecular flexibility index (Phi) is 15.6. The second-order valence-corrected chi connectivity index (χ2v) is 30.8. The molecule has 17 aromatic rings. The number of allylic oxidation sites excluding steroid dienone is 9. The summed E-state index contributed by atoms with van der Waals surface area (Å²) in [5, 5.41) is 8.99. The van der Waals surface area contributed by atoms with Crippen LogP contribution in [0.4, 0.5) is 0 Å². The molecule has 0 saturated carbocycles. The second kappa shape index (κ2) is 26.1. The molecule has 3 heterocycles. The number of nitrogens with zero attached hydrogens (tertiary/aromatic N) is 2. The van der Waals surface area contributed by atoms with E-state index in [4.69, 9.17) is 0 Å². The van der Waals surface area contributed by atoms with E-state index in [0.717, 1.165) is 19.3 Å². The maximum Gasteiger partial charge on any atom is 0.0540 e. The van der Waals surface area contributed by atoms with Crippen LogP contribution in [0.25, 0.3) is 159 Å². The summed E-state index contributed by atoms with van der Waals surface area (Å²) in [6, 6.07) is 117. The molecule has 0 bridgehead atoms. The van der Waals surface area contributed by atoms with Gasteiger partial charge in [0.1, 0.15) is 0 Å². The van der Waals surface area contributed by atoms with Gasteiger partial charge in [-0.05, 0) is 235 Å². The lowest BCUT2D eigenvalue weighted by Crippen LogP contribution is -2.07. The van der Waals surface area contributed by atoms with E-state index in [0.29, 0.717) is 5.92 Å². The van der Waals surface area contributed by atoms with Gasteiger partial charge in [0, 0.05) is 59.3 Å². The Morgan fingerprint density at radius 2 is 0.821 bits per heavy atom. The summed E-state index contributed by atoms with van der Waals surface area (Å²) in [5.41, 5.74) is 34.0. The largest absolute Gasteiger partial charge is 0.310 e. The van der Waals surface area contributed by atoms with Crippen molar-refractivity contribution in [1.82, 2.24) is 9.13 Å². The van der Waals surface area contributed by atoms with Gasteiger partial charge < -0.3 is 9.13 Å². The zero-order chi connectivity index (χ0) is 70.5. The Hall–Kier alpha value is -12.4. The van der Waals surface area contributed by atoms with Crippen molar-refractivity contribution in [2.24, 2.45) is 0 Å². The van der Waals surface area contributed by atoms with Crippen LogP contribution in [0.2, 0.25) is 0 Å². The fourth-order valence-corrected chi connectivity index (χ4v) is 18.9. The first-order chi connectivity index (χ1) is 52.2. The number of rotatable bonds is 12. The van der Waals surface area contributed by atoms with Crippen molar-refractivity contribution < 1.29 is 0 Å². The molecule has 3 unspecified atom stereocenters. The molecule has 3 atom stereocenters. The van der Waals surface area contributed by atoms with Crippen molar-refractivity contribution in [2.45, 2.75) is 57.8 Å². The molecule has 0 fully saturated rings. The monoisotopic (exact) mass is 1370 g/mol. The van der Waals surface area contributed by atoms with E-state index in [1.807, 2.05) is 11.3 Å². The van der Waals surface area contributed by atoms with E-state index in [-0.39, 0.29) is 11.8 Å². The Balaban J connectivity index is 0.599. The van der Waals surface area contributed by atoms with Crippen LogP contribution in [-0.4, -0.2) is 9.13 Å². The van der Waals surface area contributed by atoms with Gasteiger partial charge >= 0.3 is 0 Å². The number of hydrogen-bond donors (Lipinski definition) is 0. The number of aromatic nitrogens is 2. The predicted octanol–water partition coefficient (Wildman–Crippen LogP) is 28.6. The third-order valence-electron chi connectivity index (χ3n) is 22.9. The average molecular weight is 1370 g/mol. The molecule has 3 heteroatoms. The molecule has 106 heavy (non-hydrogen) atoms. The molecule has 3 aliphatic rings. The third kappa shape index (κ3) is 11.2. The molecule has 504 valence electrons. The minimum atomic E-state index is 0.0981. The highest BCUT2D eigenvalue weighted by Crippen LogP contribution is 2.48. The molecular weight excluding hydrogens is 1300 g/mol. The van der Waals surface area contributed by atoms with E-state index in [1.54, 1.807) is 0 Å². The third-order valence-corrected chi connectivity index (χ3v) is 24.0. The molecule has 14 aromatic carbocycles. The zero-order valence-corrected chi connectivity index (χ0v) is 60.5. The van der Waals surface area contributed by atoms with E-state index < -0.39 is 0 Å². The smallest absolute Gasteiger partial charge is 0.0540 e. The quantitative estimate of drug-likeness (QED) is 0.115. The van der Waals surface area contributed by atoms with Gasteiger partial charge in [-0.3, -0.25) is 0 Å². The topological polar surface area (TPSA) is 9.86 Å². The summed E-state index contributed by atoms with van der Waals surface area (Å²) in [4.78, 5) is 0. The van der Waals surface area contributed by atoms with Gasteiger partial charge in [0.15, 0.2) is 0 Å². The summed E-state index contributed by atoms with van der Waals surface area (Å²) >= 11 is 1.89. The van der Waals surface area contributed by atoms with Crippen LogP contribution in [0.1, 0.15) is 88.6 Å². The molecule has 0 N–H and O–H groups in total. The van der Waals surface area contributed by atoms with Crippen LogP contribution >= 0.6 is 11.3 Å². The van der Waals surface area contributed by atoms with Crippen molar-refractivity contribution in [3.63, 3.8) is 0 Å². The predicted molar refractivity (Wildman–Crippen MR) is 454 cm³/mol. The van der Waals surface area contributed by atoms with Crippen molar-refractivity contribution in [3.05, 3.63) is 390 Å². The van der Waals surface area contributed by atoms with Crippen LogP contribution < -0.4 is 0 Å². The van der Waals surface area contributed by atoms with Gasteiger partial charge in [-0.15, -0.1) is 11.3 Å². The molecule has 3 aromatic heterocycles. The van der Waals surface area contributed by atoms with Crippen molar-refractivity contribution in [1.29, 1.82) is 0 Å². The van der Waals surface area contributed by atoms with Gasteiger partial charge in [-0.1, -0.05) is 285 Å². The number of para-hydroxylation sites is 3. The second-order valence-electron chi connectivity index (χ2n) is 29.7. The van der Waals surface area contributed by atoms with E-state index in [2.05, 4.69) is 382 Å². The Morgan fingerprint density at radius 1 is 0.349 bits per heavy atom. The average Bonchev–Trinajstić information content (AvgIpc) is 1.57. The fraction of sp³-hybridized carbons (Fsp3) is 0.0874. The molecular formula is C103H76N2S. The summed E-state index contributed by atoms with van der Waals surface area (Å²) in [6.07, 6.45) is 19.5. The van der Waals surface area contributed by atoms with Gasteiger partial charge in [-0.25, -0.2) is 0 Å². The fourth-order valence-electron chi connectivity index (χ4n) is 17.8. The maximum absolute atomic E-state index is 2.54. The zero-order valence-electron chi connectivity index (χ0n) is 59.6. The van der Waals surface area contributed by atoms with E-state index >= 15 is 0 Å². The number of benzene rings is 14. The molecule has 0 amide bonds. The molecule has 0 saturated heterocycles. The van der Waals surface area contributed by atoms with Crippen LogP contribution in [0.3, 0.4) is 0 Å². The number of hydrogen-bond acceptors (Lipinski definition) is 1. The lowest BCUT2D eigenvalue weighted by Gasteiger charge is -2.25. The van der Waals surface area contributed by atoms with Crippen LogP contribution in [-0.2, 0) is 0 Å². The number of aryl methyl sites for hydroxylation is 2. The minimum absolute atomic E-state index is 0.0981. The highest BCUT2D eigenvalue weighted by molar-refractivity contribution is 7.25. The highest BCUT2D eigenvalue weighted by Gasteiger charge is 2.27. The Bertz CT molecular complexity index is 6550. The van der Waals surface area contributed by atoms with Crippen LogP contribution in [0.5, 0.6) is 0 Å². The van der Waals surface area contributed by atoms with Gasteiger partial charge in [-0.2, -0.15) is 0 Å². The van der Waals surface area contributed by atoms with Crippen LogP contribution in [0.15, 0.2) is 346 Å². The number of thiophene rings is 1. The molecule has 3 aliphatic carbocycles. The first kappa shape index (κ1) is 63.3. The van der Waals surface area contributed by atoms with Crippen molar-refractivity contribution in [2.75, 3.05) is 0 Å². The van der Waals surface area contributed by atoms with E-state index in [1.165, 1.54) is 198 Å². The summed E-state index contributed by atoms with van der Waals surface area (Å²) in [5.74, 6) is 0.799. The van der Waals surface area contributed by atoms with Gasteiger partial charge in [0.25, 0.3) is 0 Å². The normalized spacial score (nSPS) is 15.8. The molecule has 0 spiro atoms. The first-order valence-electron chi connectivity index (χ1n) is 37.5. The summed E-state index contributed by atoms with van der Waals surface area (Å²) < 4.78 is 7.63. The maximum atomic E-state index is 2.54. The lowest BCUT2D eigenvalue weighted by atomic mass is 9.83.